The minimum Gasteiger partial charge on any atom is -0.372 e. The number of nitrogens with zero attached hydrogens (tertiary/aromatic N) is 3. The number of hydrazine groups is 1. The molecule has 3 saturated heterocycles. The monoisotopic (exact) mass is 467 g/mol. The minimum atomic E-state index is -4.42. The summed E-state index contributed by atoms with van der Waals surface area (Å²) in [5.74, 6) is 0.128. The first-order valence-electron chi connectivity index (χ1n) is 11.9. The largest absolute Gasteiger partial charge is 0.406 e. The molecule has 4 fully saturated rings. The van der Waals surface area contributed by atoms with Gasteiger partial charge in [-0.2, -0.15) is 13.2 Å². The van der Waals surface area contributed by atoms with Crippen LogP contribution in [0.15, 0.2) is 18.3 Å². The summed E-state index contributed by atoms with van der Waals surface area (Å²) < 4.78 is 46.3. The van der Waals surface area contributed by atoms with E-state index in [-0.39, 0.29) is 36.0 Å². The average Bonchev–Trinajstić information content (AvgIpc) is 3.25. The maximum Gasteiger partial charge on any atom is 0.406 e. The lowest BCUT2D eigenvalue weighted by Crippen LogP contribution is -2.63. The third kappa shape index (κ3) is 4.44. The maximum atomic E-state index is 13.5. The van der Waals surface area contributed by atoms with Crippen molar-refractivity contribution >= 4 is 11.7 Å². The molecular formula is C23H32F3N5O2. The van der Waals surface area contributed by atoms with E-state index in [1.165, 1.54) is 0 Å². The van der Waals surface area contributed by atoms with Crippen molar-refractivity contribution in [2.75, 3.05) is 31.1 Å². The van der Waals surface area contributed by atoms with Gasteiger partial charge in [-0.15, -0.1) is 0 Å². The molecule has 7 unspecified atom stereocenters. The summed E-state index contributed by atoms with van der Waals surface area (Å²) in [7, 11) is 0. The predicted molar refractivity (Wildman–Crippen MR) is 117 cm³/mol. The molecule has 7 atom stereocenters. The highest BCUT2D eigenvalue weighted by Gasteiger charge is 2.54. The Hall–Kier alpha value is -1.91. The number of rotatable bonds is 3. The lowest BCUT2D eigenvalue weighted by atomic mass is 9.67. The Morgan fingerprint density at radius 1 is 1.21 bits per heavy atom. The number of aromatic nitrogens is 1. The molecular weight excluding hydrogens is 435 g/mol. The van der Waals surface area contributed by atoms with Crippen LogP contribution in [0.5, 0.6) is 0 Å². The van der Waals surface area contributed by atoms with Crippen molar-refractivity contribution in [1.29, 1.82) is 0 Å². The Bertz CT molecular complexity index is 874. The zero-order valence-corrected chi connectivity index (χ0v) is 19.0. The molecule has 4 aliphatic rings. The SMILES string of the molecule is CC1CN(c2ncccc2C2CCC3C4NNCC4C(=O)N(CC(F)(F)F)C3C2)CC(C)O1. The standard InChI is InChI=1S/C23H32F3N5O2/c1-13-10-30(11-14(2)33-13)21-16(4-3-7-27-21)15-5-6-17-19(8-15)31(12-23(24,25)26)22(32)18-9-28-29-20(17)18/h3-4,7,13-15,17-20,28-29H,5-6,8-12H2,1-2H3. The number of hydrogen-bond acceptors (Lipinski definition) is 6. The molecule has 1 amide bonds. The predicted octanol–water partition coefficient (Wildman–Crippen LogP) is 2.44. The average molecular weight is 468 g/mol. The molecule has 33 heavy (non-hydrogen) atoms. The number of piperidine rings is 1. The smallest absolute Gasteiger partial charge is 0.372 e. The molecule has 0 bridgehead atoms. The van der Waals surface area contributed by atoms with Gasteiger partial charge in [0.25, 0.3) is 0 Å². The lowest BCUT2D eigenvalue weighted by Gasteiger charge is -2.50. The zero-order valence-electron chi connectivity index (χ0n) is 19.0. The highest BCUT2D eigenvalue weighted by atomic mass is 19.4. The molecule has 3 aliphatic heterocycles. The number of anilines is 1. The third-order valence-corrected chi connectivity index (χ3v) is 7.68. The number of pyridine rings is 1. The number of halogens is 3. The van der Waals surface area contributed by atoms with Gasteiger partial charge >= 0.3 is 6.18 Å². The fourth-order valence-corrected chi connectivity index (χ4v) is 6.50. The van der Waals surface area contributed by atoms with Crippen molar-refractivity contribution in [3.63, 3.8) is 0 Å². The number of likely N-dealkylation sites (tertiary alicyclic amines) is 1. The number of fused-ring (bicyclic) bond motifs is 3. The molecule has 4 heterocycles. The van der Waals surface area contributed by atoms with Crippen LogP contribution in [0.25, 0.3) is 0 Å². The van der Waals surface area contributed by atoms with Gasteiger partial charge in [-0.1, -0.05) is 6.07 Å². The first kappa shape index (κ1) is 22.9. The van der Waals surface area contributed by atoms with Gasteiger partial charge in [0.15, 0.2) is 0 Å². The van der Waals surface area contributed by atoms with Crippen LogP contribution in [-0.4, -0.2) is 72.4 Å². The first-order chi connectivity index (χ1) is 15.7. The second-order valence-electron chi connectivity index (χ2n) is 10.1. The van der Waals surface area contributed by atoms with Crippen molar-refractivity contribution in [1.82, 2.24) is 20.7 Å². The van der Waals surface area contributed by atoms with E-state index < -0.39 is 24.7 Å². The van der Waals surface area contributed by atoms with Crippen molar-refractivity contribution in [3.8, 4) is 0 Å². The van der Waals surface area contributed by atoms with Crippen LogP contribution in [0.1, 0.15) is 44.6 Å². The third-order valence-electron chi connectivity index (χ3n) is 7.68. The number of ether oxygens (including phenoxy) is 1. The number of carbonyl (C=O) groups is 1. The van der Waals surface area contributed by atoms with Crippen molar-refractivity contribution < 1.29 is 22.7 Å². The number of alkyl halides is 3. The van der Waals surface area contributed by atoms with Gasteiger partial charge in [0.1, 0.15) is 12.4 Å². The summed E-state index contributed by atoms with van der Waals surface area (Å²) in [6.45, 7) is 4.73. The highest BCUT2D eigenvalue weighted by Crippen LogP contribution is 2.46. The molecule has 0 spiro atoms. The Morgan fingerprint density at radius 2 is 1.97 bits per heavy atom. The van der Waals surface area contributed by atoms with Crippen molar-refractivity contribution in [2.45, 2.75) is 69.5 Å². The van der Waals surface area contributed by atoms with E-state index in [4.69, 9.17) is 4.74 Å². The number of morpholine rings is 1. The van der Waals surface area contributed by atoms with Gasteiger partial charge in [0, 0.05) is 37.9 Å². The molecule has 0 aromatic carbocycles. The molecule has 182 valence electrons. The van der Waals surface area contributed by atoms with Crippen molar-refractivity contribution in [3.05, 3.63) is 23.9 Å². The fraction of sp³-hybridized carbons (Fsp3) is 0.739. The summed E-state index contributed by atoms with van der Waals surface area (Å²) in [6, 6.07) is 3.40. The van der Waals surface area contributed by atoms with Crippen LogP contribution in [0.3, 0.4) is 0 Å². The summed E-state index contributed by atoms with van der Waals surface area (Å²) in [5.41, 5.74) is 7.26. The van der Waals surface area contributed by atoms with E-state index in [0.717, 1.165) is 42.2 Å². The summed E-state index contributed by atoms with van der Waals surface area (Å²) in [4.78, 5) is 21.1. The summed E-state index contributed by atoms with van der Waals surface area (Å²) >= 11 is 0. The molecule has 5 rings (SSSR count). The minimum absolute atomic E-state index is 0.00449. The number of nitrogens with one attached hydrogen (secondary N) is 2. The van der Waals surface area contributed by atoms with Crippen LogP contribution >= 0.6 is 0 Å². The molecule has 1 aromatic rings. The fourth-order valence-electron chi connectivity index (χ4n) is 6.50. The van der Waals surface area contributed by atoms with Crippen LogP contribution < -0.4 is 15.8 Å². The topological polar surface area (TPSA) is 69.7 Å². The maximum absolute atomic E-state index is 13.5. The molecule has 1 aliphatic carbocycles. The molecule has 0 radical (unpaired) electrons. The van der Waals surface area contributed by atoms with E-state index in [9.17, 15) is 18.0 Å². The lowest BCUT2D eigenvalue weighted by molar-refractivity contribution is -0.178. The zero-order chi connectivity index (χ0) is 23.3. The molecule has 1 saturated carbocycles. The highest BCUT2D eigenvalue weighted by molar-refractivity contribution is 5.82. The number of carbonyl (C=O) groups excluding carboxylic acids is 1. The van der Waals surface area contributed by atoms with Gasteiger partial charge in [-0.3, -0.25) is 15.6 Å². The normalized spacial score (nSPS) is 37.1. The Morgan fingerprint density at radius 3 is 2.70 bits per heavy atom. The molecule has 2 N–H and O–H groups in total. The van der Waals surface area contributed by atoms with Crippen LogP contribution in [-0.2, 0) is 9.53 Å². The summed E-state index contributed by atoms with van der Waals surface area (Å²) in [5, 5.41) is 0. The van der Waals surface area contributed by atoms with Gasteiger partial charge in [-0.05, 0) is 56.6 Å². The molecule has 10 heteroatoms. The Balaban J connectivity index is 1.43. The molecule has 7 nitrogen and oxygen atoms in total. The first-order valence-corrected chi connectivity index (χ1v) is 11.9. The van der Waals surface area contributed by atoms with Gasteiger partial charge in [0.2, 0.25) is 5.91 Å². The van der Waals surface area contributed by atoms with Crippen molar-refractivity contribution in [2.24, 2.45) is 11.8 Å². The van der Waals surface area contributed by atoms with Crippen LogP contribution in [0.4, 0.5) is 19.0 Å². The Kier molecular flexibility index (Phi) is 6.03. The van der Waals surface area contributed by atoms with E-state index in [1.807, 2.05) is 19.9 Å². The second kappa shape index (κ2) is 8.70. The van der Waals surface area contributed by atoms with E-state index in [2.05, 4.69) is 26.8 Å². The van der Waals surface area contributed by atoms with E-state index >= 15 is 0 Å². The number of amides is 1. The van der Waals surface area contributed by atoms with Gasteiger partial charge < -0.3 is 14.5 Å². The summed E-state index contributed by atoms with van der Waals surface area (Å²) in [6.07, 6.45) is -0.324. The quantitative estimate of drug-likeness (QED) is 0.712. The van der Waals surface area contributed by atoms with Crippen LogP contribution in [0.2, 0.25) is 0 Å². The molecule has 1 aromatic heterocycles. The van der Waals surface area contributed by atoms with E-state index in [0.29, 0.717) is 13.0 Å². The Labute approximate surface area is 192 Å². The van der Waals surface area contributed by atoms with Gasteiger partial charge in [0.05, 0.1) is 18.1 Å². The number of hydrogen-bond donors (Lipinski definition) is 2. The van der Waals surface area contributed by atoms with Gasteiger partial charge in [-0.25, -0.2) is 4.98 Å². The van der Waals surface area contributed by atoms with E-state index in [1.54, 1.807) is 6.20 Å². The van der Waals surface area contributed by atoms with Crippen LogP contribution in [0, 0.1) is 11.8 Å². The second-order valence-corrected chi connectivity index (χ2v) is 10.1.